The Bertz CT molecular complexity index is 696. The van der Waals surface area contributed by atoms with Gasteiger partial charge in [-0.1, -0.05) is 42.5 Å². The third-order valence-electron chi connectivity index (χ3n) is 4.96. The van der Waals surface area contributed by atoms with E-state index < -0.39 is 0 Å². The van der Waals surface area contributed by atoms with Crippen LogP contribution in [0.5, 0.6) is 0 Å². The molecule has 0 radical (unpaired) electrons. The molecule has 1 aliphatic rings. The van der Waals surface area contributed by atoms with Gasteiger partial charge in [-0.25, -0.2) is 0 Å². The molecule has 2 aromatic rings. The third-order valence-corrected chi connectivity index (χ3v) is 4.96. The van der Waals surface area contributed by atoms with Crippen LogP contribution in [0.3, 0.4) is 0 Å². The van der Waals surface area contributed by atoms with Crippen molar-refractivity contribution in [3.63, 3.8) is 0 Å². The molecule has 26 heavy (non-hydrogen) atoms. The molecule has 1 amide bonds. The van der Waals surface area contributed by atoms with Crippen molar-refractivity contribution in [2.45, 2.75) is 6.42 Å². The molecule has 0 aliphatic carbocycles. The summed E-state index contributed by atoms with van der Waals surface area (Å²) in [7, 11) is 0. The lowest BCUT2D eigenvalue weighted by molar-refractivity contribution is 0.100. The van der Waals surface area contributed by atoms with Crippen molar-refractivity contribution in [1.82, 2.24) is 9.80 Å². The fourth-order valence-electron chi connectivity index (χ4n) is 3.37. The van der Waals surface area contributed by atoms with E-state index in [9.17, 15) is 4.79 Å². The second-order valence-corrected chi connectivity index (χ2v) is 6.76. The van der Waals surface area contributed by atoms with Gasteiger partial charge in [0.15, 0.2) is 0 Å². The minimum absolute atomic E-state index is 0.389. The van der Waals surface area contributed by atoms with Gasteiger partial charge in [-0.2, -0.15) is 0 Å². The number of rotatable bonds is 8. The van der Waals surface area contributed by atoms with E-state index >= 15 is 0 Å². The highest BCUT2D eigenvalue weighted by atomic mass is 16.1. The first-order chi connectivity index (χ1) is 12.7. The number of nitrogens with one attached hydrogen (secondary N) is 1. The van der Waals surface area contributed by atoms with Crippen LogP contribution in [0.4, 0.5) is 5.69 Å². The van der Waals surface area contributed by atoms with Gasteiger partial charge in [0.25, 0.3) is 5.91 Å². The first-order valence-electron chi connectivity index (χ1n) is 9.34. The van der Waals surface area contributed by atoms with Gasteiger partial charge in [0.05, 0.1) is 5.56 Å². The zero-order valence-corrected chi connectivity index (χ0v) is 15.2. The van der Waals surface area contributed by atoms with E-state index in [1.807, 2.05) is 18.2 Å². The molecule has 2 aromatic carbocycles. The van der Waals surface area contributed by atoms with E-state index in [0.717, 1.165) is 57.9 Å². The number of carbonyl (C=O) groups is 1. The highest BCUT2D eigenvalue weighted by Gasteiger charge is 2.16. The SMILES string of the molecule is NC(=O)c1ccccc1NCCN1CCN(CCc2ccccc2)CC1. The molecule has 1 saturated heterocycles. The fraction of sp³-hybridized carbons (Fsp3) is 0.381. The first kappa shape index (κ1) is 18.4. The average molecular weight is 352 g/mol. The highest BCUT2D eigenvalue weighted by Crippen LogP contribution is 2.14. The molecule has 3 N–H and O–H groups in total. The molecule has 1 heterocycles. The predicted molar refractivity (Wildman–Crippen MR) is 106 cm³/mol. The summed E-state index contributed by atoms with van der Waals surface area (Å²) < 4.78 is 0. The van der Waals surface area contributed by atoms with Crippen molar-refractivity contribution in [1.29, 1.82) is 0 Å². The van der Waals surface area contributed by atoms with Crippen LogP contribution in [0.1, 0.15) is 15.9 Å². The Kier molecular flexibility index (Phi) is 6.63. The van der Waals surface area contributed by atoms with Gasteiger partial charge in [0.1, 0.15) is 0 Å². The quantitative estimate of drug-likeness (QED) is 0.763. The van der Waals surface area contributed by atoms with Gasteiger partial charge in [0.2, 0.25) is 0 Å². The second kappa shape index (κ2) is 9.36. The molecule has 0 spiro atoms. The van der Waals surface area contributed by atoms with Crippen molar-refractivity contribution < 1.29 is 4.79 Å². The van der Waals surface area contributed by atoms with Crippen molar-refractivity contribution >= 4 is 11.6 Å². The van der Waals surface area contributed by atoms with Gasteiger partial charge in [-0.3, -0.25) is 9.69 Å². The Morgan fingerprint density at radius 2 is 1.50 bits per heavy atom. The number of nitrogens with zero attached hydrogens (tertiary/aromatic N) is 2. The zero-order chi connectivity index (χ0) is 18.2. The number of para-hydroxylation sites is 1. The van der Waals surface area contributed by atoms with Crippen molar-refractivity contribution in [3.8, 4) is 0 Å². The lowest BCUT2D eigenvalue weighted by Gasteiger charge is -2.34. The number of carbonyl (C=O) groups excluding carboxylic acids is 1. The van der Waals surface area contributed by atoms with Crippen LogP contribution >= 0.6 is 0 Å². The molecule has 0 unspecified atom stereocenters. The normalized spacial score (nSPS) is 15.7. The molecule has 138 valence electrons. The Labute approximate surface area is 155 Å². The average Bonchev–Trinajstić information content (AvgIpc) is 2.68. The topological polar surface area (TPSA) is 61.6 Å². The number of benzene rings is 2. The van der Waals surface area contributed by atoms with Crippen LogP contribution in [0.25, 0.3) is 0 Å². The van der Waals surface area contributed by atoms with E-state index in [1.54, 1.807) is 6.07 Å². The number of amides is 1. The molecule has 5 nitrogen and oxygen atoms in total. The molecule has 1 fully saturated rings. The van der Waals surface area contributed by atoms with Crippen molar-refractivity contribution in [3.05, 3.63) is 65.7 Å². The number of hydrogen-bond donors (Lipinski definition) is 2. The monoisotopic (exact) mass is 352 g/mol. The molecule has 3 rings (SSSR count). The maximum atomic E-state index is 11.5. The molecule has 0 atom stereocenters. The van der Waals surface area contributed by atoms with Crippen LogP contribution in [0.2, 0.25) is 0 Å². The van der Waals surface area contributed by atoms with Crippen LogP contribution in [-0.2, 0) is 6.42 Å². The van der Waals surface area contributed by atoms with Crippen LogP contribution in [0, 0.1) is 0 Å². The minimum Gasteiger partial charge on any atom is -0.383 e. The number of nitrogens with two attached hydrogens (primary N) is 1. The van der Waals surface area contributed by atoms with E-state index in [0.29, 0.717) is 5.56 Å². The summed E-state index contributed by atoms with van der Waals surface area (Å²) in [5, 5.41) is 3.34. The Balaban J connectivity index is 1.36. The third kappa shape index (κ3) is 5.31. The van der Waals surface area contributed by atoms with Crippen molar-refractivity contribution in [2.75, 3.05) is 51.1 Å². The second-order valence-electron chi connectivity index (χ2n) is 6.76. The lowest BCUT2D eigenvalue weighted by Crippen LogP contribution is -2.48. The van der Waals surface area contributed by atoms with Gasteiger partial charge in [-0.05, 0) is 24.1 Å². The molecular weight excluding hydrogens is 324 g/mol. The smallest absolute Gasteiger partial charge is 0.250 e. The van der Waals surface area contributed by atoms with E-state index in [2.05, 4.69) is 45.4 Å². The van der Waals surface area contributed by atoms with E-state index in [1.165, 1.54) is 5.56 Å². The van der Waals surface area contributed by atoms with Gasteiger partial charge in [-0.15, -0.1) is 0 Å². The van der Waals surface area contributed by atoms with E-state index in [4.69, 9.17) is 5.73 Å². The fourth-order valence-corrected chi connectivity index (χ4v) is 3.37. The summed E-state index contributed by atoms with van der Waals surface area (Å²) in [5.41, 5.74) is 8.20. The van der Waals surface area contributed by atoms with Crippen molar-refractivity contribution in [2.24, 2.45) is 5.73 Å². The minimum atomic E-state index is -0.389. The molecular formula is C21H28N4O. The standard InChI is InChI=1S/C21H28N4O/c22-21(26)19-8-4-5-9-20(19)23-11-13-25-16-14-24(15-17-25)12-10-18-6-2-1-3-7-18/h1-9,23H,10-17H2,(H2,22,26). The summed E-state index contributed by atoms with van der Waals surface area (Å²) in [6.45, 7) is 7.33. The number of piperazine rings is 1. The number of hydrogen-bond acceptors (Lipinski definition) is 4. The Morgan fingerprint density at radius 3 is 2.19 bits per heavy atom. The predicted octanol–water partition coefficient (Wildman–Crippen LogP) is 2.06. The van der Waals surface area contributed by atoms with Crippen LogP contribution < -0.4 is 11.1 Å². The summed E-state index contributed by atoms with van der Waals surface area (Å²) in [6.07, 6.45) is 1.12. The van der Waals surface area contributed by atoms with E-state index in [-0.39, 0.29) is 5.91 Å². The Hall–Kier alpha value is -2.37. The molecule has 0 aromatic heterocycles. The summed E-state index contributed by atoms with van der Waals surface area (Å²) >= 11 is 0. The Morgan fingerprint density at radius 1 is 0.885 bits per heavy atom. The summed E-state index contributed by atoms with van der Waals surface area (Å²) in [6, 6.07) is 18.1. The lowest BCUT2D eigenvalue weighted by atomic mass is 10.1. The molecule has 5 heteroatoms. The number of anilines is 1. The molecule has 0 saturated carbocycles. The van der Waals surface area contributed by atoms with Gasteiger partial charge >= 0.3 is 0 Å². The maximum Gasteiger partial charge on any atom is 0.250 e. The number of primary amides is 1. The molecule has 0 bridgehead atoms. The maximum absolute atomic E-state index is 11.5. The summed E-state index contributed by atoms with van der Waals surface area (Å²) in [4.78, 5) is 16.5. The molecule has 1 aliphatic heterocycles. The van der Waals surface area contributed by atoms with Gasteiger partial charge in [0, 0.05) is 51.5 Å². The first-order valence-corrected chi connectivity index (χ1v) is 9.34. The zero-order valence-electron chi connectivity index (χ0n) is 15.2. The largest absolute Gasteiger partial charge is 0.383 e. The summed E-state index contributed by atoms with van der Waals surface area (Å²) in [5.74, 6) is -0.389. The van der Waals surface area contributed by atoms with Crippen LogP contribution in [-0.4, -0.2) is 61.5 Å². The van der Waals surface area contributed by atoms with Crippen LogP contribution in [0.15, 0.2) is 54.6 Å². The highest BCUT2D eigenvalue weighted by molar-refractivity contribution is 5.98. The van der Waals surface area contributed by atoms with Gasteiger partial charge < -0.3 is 16.0 Å².